The summed E-state index contributed by atoms with van der Waals surface area (Å²) in [6.45, 7) is 4.63. The molecule has 4 atom stereocenters. The lowest BCUT2D eigenvalue weighted by atomic mass is 10.1. The summed E-state index contributed by atoms with van der Waals surface area (Å²) in [5.41, 5.74) is 6.93. The molecule has 0 saturated carbocycles. The maximum Gasteiger partial charge on any atom is 0.249 e. The minimum atomic E-state index is -0.316. The van der Waals surface area contributed by atoms with Crippen molar-refractivity contribution in [3.63, 3.8) is 0 Å². The number of rotatable bonds is 5. The van der Waals surface area contributed by atoms with E-state index < -0.39 is 0 Å². The smallest absolute Gasteiger partial charge is 0.249 e. The lowest BCUT2D eigenvalue weighted by Gasteiger charge is -2.25. The predicted molar refractivity (Wildman–Crippen MR) is 89.9 cm³/mol. The summed E-state index contributed by atoms with van der Waals surface area (Å²) in [5.74, 6) is 0.0279. The number of nitrogens with two attached hydrogens (primary N) is 1. The molecular weight excluding hydrogens is 290 g/mol. The first-order chi connectivity index (χ1) is 11.2. The van der Waals surface area contributed by atoms with Crippen molar-refractivity contribution in [2.24, 2.45) is 5.73 Å². The largest absolute Gasteiger partial charge is 0.364 e. The van der Waals surface area contributed by atoms with Crippen molar-refractivity contribution in [1.29, 1.82) is 0 Å². The highest BCUT2D eigenvalue weighted by Crippen LogP contribution is 2.25. The molecule has 0 aliphatic carbocycles. The molecule has 126 valence electrons. The topological polar surface area (TPSA) is 67.6 Å². The van der Waals surface area contributed by atoms with Gasteiger partial charge in [-0.15, -0.1) is 0 Å². The number of nitrogens with one attached hydrogen (secondary N) is 1. The zero-order valence-electron chi connectivity index (χ0n) is 13.8. The molecule has 0 spiro atoms. The highest BCUT2D eigenvalue weighted by molar-refractivity contribution is 5.81. The summed E-state index contributed by atoms with van der Waals surface area (Å²) in [6, 6.07) is 11.1. The fraction of sp³-hybridized carbons (Fsp3) is 0.611. The van der Waals surface area contributed by atoms with E-state index in [0.29, 0.717) is 12.6 Å². The standard InChI is InChI=1S/C18H27N3O2/c1-13(14-5-3-2-4-6-14)21-10-9-15(12-21)20-18(22)17-8-7-16(11-19)23-17/h2-6,13,15-17H,7-12,19H2,1H3,(H,20,22)/t13?,15?,16-,17+/m1/s1. The first-order valence-electron chi connectivity index (χ1n) is 8.62. The van der Waals surface area contributed by atoms with Crippen LogP contribution in [0.4, 0.5) is 0 Å². The Hall–Kier alpha value is -1.43. The van der Waals surface area contributed by atoms with Crippen LogP contribution in [-0.2, 0) is 9.53 Å². The molecule has 5 heteroatoms. The van der Waals surface area contributed by atoms with Gasteiger partial charge in [-0.3, -0.25) is 9.69 Å². The van der Waals surface area contributed by atoms with Gasteiger partial charge < -0.3 is 15.8 Å². The average Bonchev–Trinajstić information content (AvgIpc) is 3.24. The van der Waals surface area contributed by atoms with E-state index in [2.05, 4.69) is 41.4 Å². The maximum absolute atomic E-state index is 12.3. The van der Waals surface area contributed by atoms with E-state index >= 15 is 0 Å². The van der Waals surface area contributed by atoms with Gasteiger partial charge in [0.15, 0.2) is 0 Å². The molecule has 3 rings (SSSR count). The summed E-state index contributed by atoms with van der Waals surface area (Å²) in [4.78, 5) is 14.7. The van der Waals surface area contributed by atoms with Gasteiger partial charge in [0, 0.05) is 31.7 Å². The molecule has 0 radical (unpaired) electrons. The maximum atomic E-state index is 12.3. The molecule has 2 unspecified atom stereocenters. The summed E-state index contributed by atoms with van der Waals surface area (Å²) in [6.07, 6.45) is 2.39. The first kappa shape index (κ1) is 16.4. The molecule has 1 aromatic rings. The van der Waals surface area contributed by atoms with Gasteiger partial charge in [0.1, 0.15) is 6.10 Å². The Morgan fingerprint density at radius 3 is 2.83 bits per heavy atom. The molecule has 2 saturated heterocycles. The van der Waals surface area contributed by atoms with Gasteiger partial charge in [-0.1, -0.05) is 30.3 Å². The Morgan fingerprint density at radius 2 is 2.13 bits per heavy atom. The number of amides is 1. The number of hydrogen-bond donors (Lipinski definition) is 2. The van der Waals surface area contributed by atoms with Crippen LogP contribution in [0.3, 0.4) is 0 Å². The Morgan fingerprint density at radius 1 is 1.35 bits per heavy atom. The van der Waals surface area contributed by atoms with Crippen LogP contribution in [0.25, 0.3) is 0 Å². The number of ether oxygens (including phenoxy) is 1. The molecule has 2 fully saturated rings. The van der Waals surface area contributed by atoms with Crippen LogP contribution in [0.15, 0.2) is 30.3 Å². The number of likely N-dealkylation sites (tertiary alicyclic amines) is 1. The quantitative estimate of drug-likeness (QED) is 0.862. The summed E-state index contributed by atoms with van der Waals surface area (Å²) >= 11 is 0. The minimum absolute atomic E-state index is 0.0279. The molecule has 2 heterocycles. The van der Waals surface area contributed by atoms with Crippen LogP contribution in [-0.4, -0.2) is 48.7 Å². The second-order valence-corrected chi connectivity index (χ2v) is 6.64. The number of nitrogens with zero attached hydrogens (tertiary/aromatic N) is 1. The van der Waals surface area contributed by atoms with Crippen molar-refractivity contribution >= 4 is 5.91 Å². The average molecular weight is 317 g/mol. The number of hydrogen-bond acceptors (Lipinski definition) is 4. The third-order valence-electron chi connectivity index (χ3n) is 5.06. The zero-order chi connectivity index (χ0) is 16.2. The van der Waals surface area contributed by atoms with E-state index in [1.165, 1.54) is 5.56 Å². The van der Waals surface area contributed by atoms with Crippen molar-refractivity contribution in [2.75, 3.05) is 19.6 Å². The molecule has 3 N–H and O–H groups in total. The van der Waals surface area contributed by atoms with Crippen molar-refractivity contribution in [2.45, 2.75) is 50.5 Å². The normalized spacial score (nSPS) is 29.6. The number of carbonyl (C=O) groups is 1. The van der Waals surface area contributed by atoms with E-state index in [1.807, 2.05) is 6.07 Å². The summed E-state index contributed by atoms with van der Waals surface area (Å²) in [5, 5.41) is 3.16. The van der Waals surface area contributed by atoms with Crippen LogP contribution >= 0.6 is 0 Å². The van der Waals surface area contributed by atoms with Crippen LogP contribution in [0.5, 0.6) is 0 Å². The van der Waals surface area contributed by atoms with Crippen LogP contribution in [0.2, 0.25) is 0 Å². The minimum Gasteiger partial charge on any atom is -0.364 e. The molecule has 5 nitrogen and oxygen atoms in total. The lowest BCUT2D eigenvalue weighted by molar-refractivity contribution is -0.132. The van der Waals surface area contributed by atoms with Gasteiger partial charge in [0.25, 0.3) is 0 Å². The van der Waals surface area contributed by atoms with E-state index in [0.717, 1.165) is 32.4 Å². The van der Waals surface area contributed by atoms with Gasteiger partial charge in [0.05, 0.1) is 6.10 Å². The fourth-order valence-electron chi connectivity index (χ4n) is 3.57. The molecule has 1 aromatic carbocycles. The Bertz CT molecular complexity index is 522. The molecule has 2 aliphatic rings. The van der Waals surface area contributed by atoms with Crippen LogP contribution in [0, 0.1) is 0 Å². The van der Waals surface area contributed by atoms with Gasteiger partial charge >= 0.3 is 0 Å². The van der Waals surface area contributed by atoms with Crippen molar-refractivity contribution < 1.29 is 9.53 Å². The SMILES string of the molecule is CC(c1ccccc1)N1CCC(NC(=O)[C@@H]2CC[C@H](CN)O2)C1. The summed E-state index contributed by atoms with van der Waals surface area (Å²) < 4.78 is 5.68. The van der Waals surface area contributed by atoms with E-state index in [9.17, 15) is 4.79 Å². The third kappa shape index (κ3) is 3.91. The second-order valence-electron chi connectivity index (χ2n) is 6.64. The molecule has 23 heavy (non-hydrogen) atoms. The predicted octanol–water partition coefficient (Wildman–Crippen LogP) is 1.44. The summed E-state index contributed by atoms with van der Waals surface area (Å²) in [7, 11) is 0. The Balaban J connectivity index is 1.49. The van der Waals surface area contributed by atoms with E-state index in [4.69, 9.17) is 10.5 Å². The van der Waals surface area contributed by atoms with E-state index in [1.54, 1.807) is 0 Å². The van der Waals surface area contributed by atoms with Crippen molar-refractivity contribution in [1.82, 2.24) is 10.2 Å². The van der Waals surface area contributed by atoms with Gasteiger partial charge in [-0.2, -0.15) is 0 Å². The zero-order valence-corrected chi connectivity index (χ0v) is 13.8. The molecular formula is C18H27N3O2. The fourth-order valence-corrected chi connectivity index (χ4v) is 3.57. The Kier molecular flexibility index (Phi) is 5.30. The molecule has 1 amide bonds. The van der Waals surface area contributed by atoms with E-state index in [-0.39, 0.29) is 24.2 Å². The lowest BCUT2D eigenvalue weighted by Crippen LogP contribution is -2.43. The van der Waals surface area contributed by atoms with Gasteiger partial charge in [-0.25, -0.2) is 0 Å². The third-order valence-corrected chi connectivity index (χ3v) is 5.06. The van der Waals surface area contributed by atoms with Gasteiger partial charge in [0.2, 0.25) is 5.91 Å². The highest BCUT2D eigenvalue weighted by atomic mass is 16.5. The van der Waals surface area contributed by atoms with Crippen molar-refractivity contribution in [3.8, 4) is 0 Å². The first-order valence-corrected chi connectivity index (χ1v) is 8.62. The van der Waals surface area contributed by atoms with Crippen LogP contribution in [0.1, 0.15) is 37.8 Å². The van der Waals surface area contributed by atoms with Gasteiger partial charge in [-0.05, 0) is 31.7 Å². The van der Waals surface area contributed by atoms with Crippen molar-refractivity contribution in [3.05, 3.63) is 35.9 Å². The highest BCUT2D eigenvalue weighted by Gasteiger charge is 2.33. The number of benzene rings is 1. The molecule has 0 bridgehead atoms. The van der Waals surface area contributed by atoms with Crippen LogP contribution < -0.4 is 11.1 Å². The monoisotopic (exact) mass is 317 g/mol. The molecule has 0 aromatic heterocycles. The Labute approximate surface area is 138 Å². The second kappa shape index (κ2) is 7.43. The molecule has 2 aliphatic heterocycles. The number of carbonyl (C=O) groups excluding carboxylic acids is 1.